The highest BCUT2D eigenvalue weighted by molar-refractivity contribution is 5.41. The lowest BCUT2D eigenvalue weighted by Crippen LogP contribution is -2.13. The predicted octanol–water partition coefficient (Wildman–Crippen LogP) is 3.96. The molecule has 1 N–H and O–H groups in total. The molecule has 0 heterocycles. The number of aryl methyl sites for hydroxylation is 1. The van der Waals surface area contributed by atoms with Crippen LogP contribution < -0.4 is 10.1 Å². The molecule has 0 saturated carbocycles. The average molecular weight is 291 g/mol. The number of para-hydroxylation sites is 1. The van der Waals surface area contributed by atoms with Crippen LogP contribution in [0.3, 0.4) is 0 Å². The van der Waals surface area contributed by atoms with Gasteiger partial charge in [-0.2, -0.15) is 0 Å². The normalized spacial score (nSPS) is 10.7. The molecular weight excluding hydrogens is 272 g/mol. The molecule has 0 radical (unpaired) electrons. The van der Waals surface area contributed by atoms with Crippen molar-refractivity contribution >= 4 is 0 Å². The highest BCUT2D eigenvalue weighted by Gasteiger charge is 2.08. The van der Waals surface area contributed by atoms with Gasteiger partial charge in [-0.05, 0) is 36.7 Å². The first-order chi connectivity index (χ1) is 10.1. The summed E-state index contributed by atoms with van der Waals surface area (Å²) in [4.78, 5) is 0. The van der Waals surface area contributed by atoms with Gasteiger partial charge in [0.2, 0.25) is 0 Å². The van der Waals surface area contributed by atoms with Crippen molar-refractivity contribution in [3.05, 3.63) is 64.7 Å². The number of ether oxygens (including phenoxy) is 1. The molecule has 0 aromatic heterocycles. The van der Waals surface area contributed by atoms with Crippen molar-refractivity contribution in [2.45, 2.75) is 27.0 Å². The quantitative estimate of drug-likeness (QED) is 0.869. The third kappa shape index (κ3) is 4.26. The maximum Gasteiger partial charge on any atom is 0.127 e. The lowest BCUT2D eigenvalue weighted by Gasteiger charge is -2.14. The number of hydrogen-bond acceptors (Lipinski definition) is 2. The van der Waals surface area contributed by atoms with Crippen LogP contribution in [-0.4, -0.2) is 6.54 Å². The van der Waals surface area contributed by atoms with Crippen molar-refractivity contribution in [1.29, 1.82) is 0 Å². The number of rotatable bonds is 6. The highest BCUT2D eigenvalue weighted by atomic mass is 19.1. The van der Waals surface area contributed by atoms with Crippen LogP contribution in [0.1, 0.15) is 23.6 Å². The van der Waals surface area contributed by atoms with E-state index >= 15 is 0 Å². The van der Waals surface area contributed by atoms with E-state index in [9.17, 15) is 8.78 Å². The van der Waals surface area contributed by atoms with Crippen LogP contribution in [-0.2, 0) is 13.2 Å². The molecule has 0 aliphatic rings. The maximum absolute atomic E-state index is 13.2. The Morgan fingerprint density at radius 2 is 1.81 bits per heavy atom. The lowest BCUT2D eigenvalue weighted by atomic mass is 10.1. The summed E-state index contributed by atoms with van der Waals surface area (Å²) in [6.07, 6.45) is 0. The lowest BCUT2D eigenvalue weighted by molar-refractivity contribution is 0.298. The molecule has 0 aliphatic carbocycles. The minimum atomic E-state index is -0.591. The maximum atomic E-state index is 13.2. The number of hydrogen-bond donors (Lipinski definition) is 1. The Morgan fingerprint density at radius 3 is 2.48 bits per heavy atom. The van der Waals surface area contributed by atoms with Crippen LogP contribution in [0.5, 0.6) is 5.75 Å². The van der Waals surface area contributed by atoms with Gasteiger partial charge >= 0.3 is 0 Å². The van der Waals surface area contributed by atoms with Gasteiger partial charge in [-0.1, -0.05) is 25.1 Å². The van der Waals surface area contributed by atoms with E-state index in [0.717, 1.165) is 29.5 Å². The smallest absolute Gasteiger partial charge is 0.127 e. The van der Waals surface area contributed by atoms with E-state index in [4.69, 9.17) is 4.74 Å². The zero-order valence-electron chi connectivity index (χ0n) is 12.2. The Labute approximate surface area is 123 Å². The van der Waals surface area contributed by atoms with Crippen molar-refractivity contribution in [3.63, 3.8) is 0 Å². The molecule has 4 heteroatoms. The molecule has 0 unspecified atom stereocenters. The van der Waals surface area contributed by atoms with E-state index in [1.54, 1.807) is 0 Å². The van der Waals surface area contributed by atoms with Crippen LogP contribution in [0, 0.1) is 18.6 Å². The molecule has 21 heavy (non-hydrogen) atoms. The van der Waals surface area contributed by atoms with Gasteiger partial charge in [-0.3, -0.25) is 0 Å². The van der Waals surface area contributed by atoms with E-state index in [-0.39, 0.29) is 6.61 Å². The second-order valence-electron chi connectivity index (χ2n) is 4.91. The Kier molecular flexibility index (Phi) is 5.28. The summed E-state index contributed by atoms with van der Waals surface area (Å²) < 4.78 is 32.1. The predicted molar refractivity (Wildman–Crippen MR) is 79.2 cm³/mol. The van der Waals surface area contributed by atoms with Gasteiger partial charge in [0.25, 0.3) is 0 Å². The van der Waals surface area contributed by atoms with Crippen molar-refractivity contribution < 1.29 is 13.5 Å². The molecule has 0 spiro atoms. The van der Waals surface area contributed by atoms with Crippen molar-refractivity contribution in [2.75, 3.05) is 6.54 Å². The van der Waals surface area contributed by atoms with Crippen LogP contribution in [0.2, 0.25) is 0 Å². The topological polar surface area (TPSA) is 21.3 Å². The molecule has 0 atom stereocenters. The van der Waals surface area contributed by atoms with Gasteiger partial charge < -0.3 is 10.1 Å². The highest BCUT2D eigenvalue weighted by Crippen LogP contribution is 2.24. The van der Waals surface area contributed by atoms with Gasteiger partial charge in [-0.15, -0.1) is 0 Å². The molecule has 112 valence electrons. The second kappa shape index (κ2) is 7.18. The van der Waals surface area contributed by atoms with Crippen molar-refractivity contribution in [2.24, 2.45) is 0 Å². The fourth-order valence-electron chi connectivity index (χ4n) is 2.17. The Morgan fingerprint density at radius 1 is 1.10 bits per heavy atom. The molecule has 0 aliphatic heterocycles. The fraction of sp³-hybridized carbons (Fsp3) is 0.294. The Hall–Kier alpha value is -1.94. The van der Waals surface area contributed by atoms with Gasteiger partial charge in [0.1, 0.15) is 24.0 Å². The van der Waals surface area contributed by atoms with Gasteiger partial charge in [0, 0.05) is 18.2 Å². The molecular formula is C17H19F2NO. The van der Waals surface area contributed by atoms with E-state index in [2.05, 4.69) is 5.32 Å². The summed E-state index contributed by atoms with van der Waals surface area (Å²) in [6, 6.07) is 9.33. The SMILES string of the molecule is CCNCc1cccc(C)c1OCc1cc(F)cc(F)c1. The summed E-state index contributed by atoms with van der Waals surface area (Å²) >= 11 is 0. The van der Waals surface area contributed by atoms with Crippen LogP contribution in [0.4, 0.5) is 8.78 Å². The van der Waals surface area contributed by atoms with Crippen LogP contribution in [0.15, 0.2) is 36.4 Å². The molecule has 0 amide bonds. The minimum absolute atomic E-state index is 0.138. The number of benzene rings is 2. The molecule has 0 saturated heterocycles. The van der Waals surface area contributed by atoms with E-state index < -0.39 is 11.6 Å². The Balaban J connectivity index is 2.15. The first-order valence-electron chi connectivity index (χ1n) is 6.97. The second-order valence-corrected chi connectivity index (χ2v) is 4.91. The number of nitrogens with one attached hydrogen (secondary N) is 1. The first-order valence-corrected chi connectivity index (χ1v) is 6.97. The molecule has 2 aromatic rings. The summed E-state index contributed by atoms with van der Waals surface area (Å²) in [6.45, 7) is 5.69. The van der Waals surface area contributed by atoms with Crippen LogP contribution in [0.25, 0.3) is 0 Å². The van der Waals surface area contributed by atoms with E-state index in [1.165, 1.54) is 12.1 Å². The summed E-state index contributed by atoms with van der Waals surface area (Å²) in [5.41, 5.74) is 2.51. The van der Waals surface area contributed by atoms with Gasteiger partial charge in [0.05, 0.1) is 0 Å². The molecule has 0 fully saturated rings. The Bertz CT molecular complexity index is 593. The van der Waals surface area contributed by atoms with Gasteiger partial charge in [0.15, 0.2) is 0 Å². The standard InChI is InChI=1S/C17H19F2NO/c1-3-20-10-14-6-4-5-12(2)17(14)21-11-13-7-15(18)9-16(19)8-13/h4-9,20H,3,10-11H2,1-2H3. The largest absolute Gasteiger partial charge is 0.488 e. The first kappa shape index (κ1) is 15.4. The van der Waals surface area contributed by atoms with Crippen molar-refractivity contribution in [3.8, 4) is 5.75 Å². The van der Waals surface area contributed by atoms with Gasteiger partial charge in [-0.25, -0.2) is 8.78 Å². The summed E-state index contributed by atoms with van der Waals surface area (Å²) in [5, 5.41) is 3.25. The van der Waals surface area contributed by atoms with Crippen LogP contribution >= 0.6 is 0 Å². The summed E-state index contributed by atoms with van der Waals surface area (Å²) in [7, 11) is 0. The molecule has 2 rings (SSSR count). The molecule has 2 nitrogen and oxygen atoms in total. The zero-order chi connectivity index (χ0) is 15.2. The van der Waals surface area contributed by atoms with E-state index in [1.807, 2.05) is 32.0 Å². The summed E-state index contributed by atoms with van der Waals surface area (Å²) in [5.74, 6) is -0.416. The minimum Gasteiger partial charge on any atom is -0.488 e. The number of halogens is 2. The van der Waals surface area contributed by atoms with Crippen molar-refractivity contribution in [1.82, 2.24) is 5.32 Å². The average Bonchev–Trinajstić information content (AvgIpc) is 2.43. The zero-order valence-corrected chi connectivity index (χ0v) is 12.2. The third-order valence-corrected chi connectivity index (χ3v) is 3.16. The third-order valence-electron chi connectivity index (χ3n) is 3.16. The fourth-order valence-corrected chi connectivity index (χ4v) is 2.17. The van der Waals surface area contributed by atoms with E-state index in [0.29, 0.717) is 12.1 Å². The molecule has 0 bridgehead atoms. The monoisotopic (exact) mass is 291 g/mol. The molecule has 2 aromatic carbocycles.